The van der Waals surface area contributed by atoms with Crippen molar-refractivity contribution in [3.63, 3.8) is 0 Å². The summed E-state index contributed by atoms with van der Waals surface area (Å²) in [7, 11) is 12.6. The number of aryl methyl sites for hydroxylation is 5. The zero-order chi connectivity index (χ0) is 82.6. The van der Waals surface area contributed by atoms with Crippen molar-refractivity contribution >= 4 is 107 Å². The van der Waals surface area contributed by atoms with Crippen molar-refractivity contribution in [1.29, 1.82) is 0 Å². The van der Waals surface area contributed by atoms with Crippen molar-refractivity contribution in [1.82, 2.24) is 64.2 Å². The van der Waals surface area contributed by atoms with Crippen molar-refractivity contribution in [2.75, 3.05) is 168 Å². The molecule has 8 saturated heterocycles. The minimum absolute atomic E-state index is 0.0267. The van der Waals surface area contributed by atoms with Gasteiger partial charge in [-0.05, 0) is 140 Å². The molecule has 1 saturated carbocycles. The highest BCUT2D eigenvalue weighted by atomic mass is 16.5. The van der Waals surface area contributed by atoms with Crippen molar-refractivity contribution in [2.45, 2.75) is 101 Å². The first-order valence-corrected chi connectivity index (χ1v) is 41.0. The molecule has 21 rings (SSSR count). The van der Waals surface area contributed by atoms with Gasteiger partial charge in [0, 0.05) is 252 Å². The Hall–Kier alpha value is -10.9. The van der Waals surface area contributed by atoms with Gasteiger partial charge in [0.15, 0.2) is 33.5 Å². The number of carbonyl (C=O) groups is 1. The molecule has 4 unspecified atom stereocenters. The quantitative estimate of drug-likeness (QED) is 0.108. The van der Waals surface area contributed by atoms with Crippen LogP contribution in [0.1, 0.15) is 53.4 Å². The van der Waals surface area contributed by atoms with Gasteiger partial charge in [0.05, 0.1) is 58.4 Å². The van der Waals surface area contributed by atoms with E-state index in [9.17, 15) is 33.6 Å². The second-order valence-corrected chi connectivity index (χ2v) is 34.0. The molecule has 6 N–H and O–H groups in total. The number of aromatic nitrogens is 6. The van der Waals surface area contributed by atoms with E-state index < -0.39 is 5.76 Å². The zero-order valence-corrected chi connectivity index (χ0v) is 69.2. The largest absolute Gasteiger partial charge is 0.419 e. The van der Waals surface area contributed by atoms with Crippen LogP contribution in [0.3, 0.4) is 0 Å². The number of nitrogens with zero attached hydrogens (tertiary/aromatic N) is 13. The van der Waals surface area contributed by atoms with Crippen molar-refractivity contribution in [2.24, 2.45) is 35.2 Å². The summed E-state index contributed by atoms with van der Waals surface area (Å²) in [6, 6.07) is 37.6. The van der Waals surface area contributed by atoms with Gasteiger partial charge in [-0.3, -0.25) is 32.2 Å². The average molecular weight is 1620 g/mol. The molecule has 9 aliphatic rings. The molecule has 2 bridgehead atoms. The molecule has 118 heavy (non-hydrogen) atoms. The third kappa shape index (κ3) is 17.2. The van der Waals surface area contributed by atoms with Crippen LogP contribution in [0.2, 0.25) is 0 Å². The maximum atomic E-state index is 12.1. The van der Waals surface area contributed by atoms with Crippen molar-refractivity contribution in [3.05, 3.63) is 172 Å². The van der Waals surface area contributed by atoms with Crippen LogP contribution in [0.15, 0.2) is 164 Å². The van der Waals surface area contributed by atoms with E-state index >= 15 is 0 Å². The SMILES string of the molecule is CC1CN(c2ccc3c(c2)oc(=O)n3C)CC(C)N1.CN(C)CCn1c(=O)oc2cc(N3CCNC(C)(C)C3)ccc21.Cn1c(=O)oc2cc(N3CC4CCC(C3)N4)ccc21.Cn1c(=O)oc2cc(N3CCNC4(CC4)C3)ccc21.Cn1c(=O)oc2cc(N3CCNC4(COC4)C3)ccc21.Cn1c(=O)oc2cc(N3CCNCC3=O)ccc21. The second-order valence-electron chi connectivity index (χ2n) is 34.0. The predicted molar refractivity (Wildman–Crippen MR) is 458 cm³/mol. The van der Waals surface area contributed by atoms with Gasteiger partial charge in [0.25, 0.3) is 0 Å². The average Bonchev–Trinajstić information content (AvgIpc) is 1.55. The number of piperazine rings is 6. The van der Waals surface area contributed by atoms with Crippen LogP contribution in [-0.4, -0.2) is 218 Å². The molecule has 9 fully saturated rings. The summed E-state index contributed by atoms with van der Waals surface area (Å²) in [6.45, 7) is 26.3. The number of ether oxygens (including phenoxy) is 1. The van der Waals surface area contributed by atoms with Gasteiger partial charge in [0.2, 0.25) is 5.91 Å². The maximum absolute atomic E-state index is 12.1. The summed E-state index contributed by atoms with van der Waals surface area (Å²) in [4.78, 5) is 96.9. The molecule has 12 aromatic rings. The fourth-order valence-electron chi connectivity index (χ4n) is 17.5. The van der Waals surface area contributed by atoms with E-state index in [4.69, 9.17) is 31.2 Å². The summed E-state index contributed by atoms with van der Waals surface area (Å²) >= 11 is 0. The van der Waals surface area contributed by atoms with Crippen molar-refractivity contribution in [3.8, 4) is 0 Å². The van der Waals surface area contributed by atoms with Gasteiger partial charge in [-0.2, -0.15) is 0 Å². The molecular formula is C85H109N19O14. The lowest BCUT2D eigenvalue weighted by Crippen LogP contribution is -2.70. The molecule has 628 valence electrons. The van der Waals surface area contributed by atoms with Gasteiger partial charge >= 0.3 is 34.5 Å². The highest BCUT2D eigenvalue weighted by Crippen LogP contribution is 2.40. The third-order valence-corrected chi connectivity index (χ3v) is 24.2. The molecule has 1 aliphatic carbocycles. The van der Waals surface area contributed by atoms with Crippen LogP contribution >= 0.6 is 0 Å². The van der Waals surface area contributed by atoms with Crippen LogP contribution in [0, 0.1) is 0 Å². The third-order valence-electron chi connectivity index (χ3n) is 24.2. The molecule has 33 heteroatoms. The monoisotopic (exact) mass is 1620 g/mol. The normalized spacial score (nSPS) is 21.2. The molecule has 33 nitrogen and oxygen atoms in total. The molecule has 1 amide bonds. The van der Waals surface area contributed by atoms with Gasteiger partial charge in [-0.1, -0.05) is 0 Å². The number of oxazole rings is 6. The van der Waals surface area contributed by atoms with Crippen molar-refractivity contribution < 1.29 is 36.0 Å². The molecule has 8 aliphatic heterocycles. The second kappa shape index (κ2) is 33.1. The lowest BCUT2D eigenvalue weighted by molar-refractivity contribution is -0.118. The number of rotatable bonds is 9. The van der Waals surface area contributed by atoms with Gasteiger partial charge in [0.1, 0.15) is 0 Å². The van der Waals surface area contributed by atoms with Crippen LogP contribution in [0.25, 0.3) is 66.6 Å². The summed E-state index contributed by atoms with van der Waals surface area (Å²) in [5.74, 6) is -1.87. The smallest absolute Gasteiger partial charge is 0.408 e. The van der Waals surface area contributed by atoms with E-state index in [-0.39, 0.29) is 45.8 Å². The summed E-state index contributed by atoms with van der Waals surface area (Å²) in [5, 5.41) is 20.8. The Morgan fingerprint density at radius 1 is 0.407 bits per heavy atom. The molecule has 4 atom stereocenters. The minimum Gasteiger partial charge on any atom is -0.408 e. The van der Waals surface area contributed by atoms with Crippen LogP contribution in [-0.2, 0) is 51.3 Å². The zero-order valence-electron chi connectivity index (χ0n) is 69.2. The van der Waals surface area contributed by atoms with Gasteiger partial charge in [-0.15, -0.1) is 0 Å². The molecular weight excluding hydrogens is 1510 g/mol. The molecule has 6 aromatic heterocycles. The number of benzene rings is 6. The fourth-order valence-corrected chi connectivity index (χ4v) is 17.5. The molecule has 0 radical (unpaired) electrons. The maximum Gasteiger partial charge on any atom is 0.419 e. The molecule has 6 aromatic carbocycles. The number of hydrogen-bond donors (Lipinski definition) is 6. The first-order chi connectivity index (χ1) is 56.6. The Morgan fingerprint density at radius 2 is 0.771 bits per heavy atom. The Bertz CT molecular complexity index is 5810. The van der Waals surface area contributed by atoms with E-state index in [1.807, 2.05) is 80.8 Å². The molecule has 14 heterocycles. The minimum atomic E-state index is -0.395. The fraction of sp³-hybridized carbons (Fsp3) is 0.494. The Labute approximate surface area is 680 Å². The summed E-state index contributed by atoms with van der Waals surface area (Å²) < 4.78 is 46.2. The predicted octanol–water partition coefficient (Wildman–Crippen LogP) is 5.19. The van der Waals surface area contributed by atoms with Crippen LogP contribution < -0.4 is 95.8 Å². The summed E-state index contributed by atoms with van der Waals surface area (Å²) in [5.41, 5.74) is 15.7. The van der Waals surface area contributed by atoms with E-state index in [2.05, 4.69) is 119 Å². The first-order valence-electron chi connectivity index (χ1n) is 41.0. The number of amides is 1. The highest BCUT2D eigenvalue weighted by molar-refractivity contribution is 5.97. The standard InChI is InChI=1S/C17H26N4O2.C14H17N3O3.2C14H17N3O2.C14H19N3O2.C12H13N3O3/c1-17(2)12-20(8-7-18-17)13-5-6-14-15(11-13)23-16(22)21(14)10-9-19(3)4;1-16-11-3-2-10(6-12(11)20-13(16)18)17-5-4-15-14(7-17)8-19-9-14;1-16-12-5-4-11(6-13(12)19-14(16)18)17-7-9-2-3-10(8-17)15-9;1-16-11-3-2-10(8-12(11)19-13(16)18)17-7-6-15-14(9-17)4-5-14;1-9-7-17(8-10(2)15-9)11-4-5-12-13(6-11)19-14(18)16(12)3;1-14-9-3-2-8(6-10(9)18-12(14)17)15-5-4-13-7-11(15)16/h5-6,11,18H,7-10,12H2,1-4H3;2-3,6,15H,4-5,7-9H2,1H3;4-6,9-10,15H,2-3,7-8H2,1H3;2-3,8,15H,4-7,9H2,1H3;4-6,9-10,15H,7-8H2,1-3H3;2-3,6,13H,4-5,7H2,1H3. The van der Waals surface area contributed by atoms with Gasteiger partial charge < -0.3 is 97.4 Å². The topological polar surface area (TPSA) is 332 Å². The number of anilines is 6. The highest BCUT2D eigenvalue weighted by Gasteiger charge is 2.46. The Morgan fingerprint density at radius 3 is 1.18 bits per heavy atom. The van der Waals surface area contributed by atoms with E-state index in [0.717, 1.165) is 179 Å². The van der Waals surface area contributed by atoms with E-state index in [0.29, 0.717) is 82.8 Å². The van der Waals surface area contributed by atoms with Crippen LogP contribution in [0.4, 0.5) is 34.1 Å². The van der Waals surface area contributed by atoms with E-state index in [1.165, 1.54) is 39.4 Å². The van der Waals surface area contributed by atoms with Gasteiger partial charge in [-0.25, -0.2) is 28.8 Å². The first kappa shape index (κ1) is 80.9. The lowest BCUT2D eigenvalue weighted by atomic mass is 9.94. The Balaban J connectivity index is 0.000000106. The van der Waals surface area contributed by atoms with E-state index in [1.54, 1.807) is 66.0 Å². The lowest BCUT2D eigenvalue weighted by Gasteiger charge is -2.49. The van der Waals surface area contributed by atoms with Crippen LogP contribution in [0.5, 0.6) is 0 Å². The number of carbonyl (C=O) groups excluding carboxylic acids is 1. The number of likely N-dealkylation sites (N-methyl/N-ethyl adjacent to an activating group) is 1. The number of nitrogens with one attached hydrogen (secondary N) is 6. The number of fused-ring (bicyclic) bond motifs is 8. The summed E-state index contributed by atoms with van der Waals surface area (Å²) in [6.07, 6.45) is 5.08. The number of hydrogen-bond acceptors (Lipinski definition) is 26. The molecule has 2 spiro atoms. The Kier molecular flexibility index (Phi) is 22.7.